The topological polar surface area (TPSA) is 105 Å². The minimum Gasteiger partial charge on any atom is -0.495 e. The van der Waals surface area contributed by atoms with Crippen molar-refractivity contribution in [2.45, 2.75) is 6.92 Å². The normalized spacial score (nSPS) is 15.0. The number of non-ortho nitro benzene ring substituents is 1. The number of piperazine rings is 1. The van der Waals surface area contributed by atoms with Gasteiger partial charge in [-0.3, -0.25) is 19.7 Å². The predicted octanol–water partition coefficient (Wildman–Crippen LogP) is 0.706. The maximum absolute atomic E-state index is 12.2. The van der Waals surface area contributed by atoms with Crippen LogP contribution in [0.2, 0.25) is 0 Å². The van der Waals surface area contributed by atoms with Crippen molar-refractivity contribution in [3.8, 4) is 5.75 Å². The van der Waals surface area contributed by atoms with Gasteiger partial charge < -0.3 is 19.9 Å². The third-order valence-electron chi connectivity index (χ3n) is 3.94. The van der Waals surface area contributed by atoms with Crippen LogP contribution >= 0.6 is 0 Å². The number of nitrogens with one attached hydrogen (secondary N) is 1. The van der Waals surface area contributed by atoms with Crippen LogP contribution in [0, 0.1) is 10.1 Å². The monoisotopic (exact) mass is 336 g/mol. The van der Waals surface area contributed by atoms with Gasteiger partial charge in [0.2, 0.25) is 0 Å². The van der Waals surface area contributed by atoms with E-state index in [0.717, 1.165) is 19.6 Å². The van der Waals surface area contributed by atoms with Gasteiger partial charge in [0.25, 0.3) is 5.69 Å². The number of carbonyl (C=O) groups excluding carboxylic acids is 2. The van der Waals surface area contributed by atoms with E-state index in [4.69, 9.17) is 4.74 Å². The molecule has 1 N–H and O–H groups in total. The lowest BCUT2D eigenvalue weighted by molar-refractivity contribution is -0.384. The number of ether oxygens (including phenoxy) is 1. The number of hydrogen-bond donors (Lipinski definition) is 1. The minimum atomic E-state index is -0.834. The van der Waals surface area contributed by atoms with E-state index in [1.165, 1.54) is 30.2 Å². The van der Waals surface area contributed by atoms with E-state index in [1.54, 1.807) is 0 Å². The zero-order chi connectivity index (χ0) is 17.7. The van der Waals surface area contributed by atoms with Gasteiger partial charge in [-0.05, 0) is 12.6 Å². The van der Waals surface area contributed by atoms with Gasteiger partial charge in [-0.15, -0.1) is 0 Å². The van der Waals surface area contributed by atoms with Crippen LogP contribution in [0.25, 0.3) is 0 Å². The molecule has 1 heterocycles. The first-order valence-corrected chi connectivity index (χ1v) is 7.61. The minimum absolute atomic E-state index is 0.0947. The molecule has 1 fully saturated rings. The number of nitro groups is 1. The molecule has 1 aliphatic heterocycles. The summed E-state index contributed by atoms with van der Waals surface area (Å²) in [5.74, 6) is -1.24. The average Bonchev–Trinajstić information content (AvgIpc) is 2.60. The lowest BCUT2D eigenvalue weighted by atomic mass is 10.2. The fourth-order valence-corrected chi connectivity index (χ4v) is 2.49. The van der Waals surface area contributed by atoms with E-state index >= 15 is 0 Å². The third kappa shape index (κ3) is 3.99. The van der Waals surface area contributed by atoms with Gasteiger partial charge in [0.1, 0.15) is 5.75 Å². The van der Waals surface area contributed by atoms with E-state index < -0.39 is 16.7 Å². The molecule has 1 saturated heterocycles. The van der Waals surface area contributed by atoms with Crippen LogP contribution in [-0.2, 0) is 9.59 Å². The molecule has 1 aromatic rings. The molecular weight excluding hydrogens is 316 g/mol. The number of hydrogen-bond acceptors (Lipinski definition) is 6. The molecule has 0 saturated carbocycles. The van der Waals surface area contributed by atoms with E-state index in [1.807, 2.05) is 6.92 Å². The molecule has 0 spiro atoms. The molecule has 0 aliphatic carbocycles. The zero-order valence-electron chi connectivity index (χ0n) is 13.7. The van der Waals surface area contributed by atoms with Crippen LogP contribution in [0.5, 0.6) is 5.75 Å². The van der Waals surface area contributed by atoms with Crippen LogP contribution in [0.4, 0.5) is 11.4 Å². The first kappa shape index (κ1) is 17.7. The Balaban J connectivity index is 2.07. The highest BCUT2D eigenvalue weighted by Crippen LogP contribution is 2.28. The van der Waals surface area contributed by atoms with Crippen LogP contribution in [0.1, 0.15) is 6.92 Å². The first-order valence-electron chi connectivity index (χ1n) is 7.61. The Bertz CT molecular complexity index is 641. The van der Waals surface area contributed by atoms with Crippen LogP contribution in [0.3, 0.4) is 0 Å². The summed E-state index contributed by atoms with van der Waals surface area (Å²) >= 11 is 0. The molecule has 0 bridgehead atoms. The summed E-state index contributed by atoms with van der Waals surface area (Å²) in [6.45, 7) is 5.33. The summed E-state index contributed by atoms with van der Waals surface area (Å²) in [4.78, 5) is 38.3. The smallest absolute Gasteiger partial charge is 0.314 e. The molecule has 9 nitrogen and oxygen atoms in total. The van der Waals surface area contributed by atoms with Gasteiger partial charge in [0.15, 0.2) is 0 Å². The number of nitrogens with zero attached hydrogens (tertiary/aromatic N) is 3. The maximum Gasteiger partial charge on any atom is 0.314 e. The lowest BCUT2D eigenvalue weighted by Crippen LogP contribution is -2.51. The molecule has 1 aliphatic rings. The van der Waals surface area contributed by atoms with Crippen molar-refractivity contribution in [1.29, 1.82) is 0 Å². The number of amides is 2. The van der Waals surface area contributed by atoms with Crippen LogP contribution < -0.4 is 10.1 Å². The van der Waals surface area contributed by atoms with Crippen molar-refractivity contribution >= 4 is 23.2 Å². The van der Waals surface area contributed by atoms with E-state index in [9.17, 15) is 19.7 Å². The molecule has 0 unspecified atom stereocenters. The quantitative estimate of drug-likeness (QED) is 0.493. The molecule has 2 amide bonds. The summed E-state index contributed by atoms with van der Waals surface area (Å²) in [5.41, 5.74) is -0.104. The molecule has 2 rings (SSSR count). The van der Waals surface area contributed by atoms with Crippen molar-refractivity contribution in [2.24, 2.45) is 0 Å². The highest BCUT2D eigenvalue weighted by atomic mass is 16.6. The number of carbonyl (C=O) groups is 2. The van der Waals surface area contributed by atoms with Crippen LogP contribution in [0.15, 0.2) is 18.2 Å². The Hall–Kier alpha value is -2.68. The van der Waals surface area contributed by atoms with E-state index in [-0.39, 0.29) is 17.1 Å². The number of likely N-dealkylation sites (N-methyl/N-ethyl adjacent to an activating group) is 1. The third-order valence-corrected chi connectivity index (χ3v) is 3.94. The predicted molar refractivity (Wildman–Crippen MR) is 87.0 cm³/mol. The SMILES string of the molecule is CCN1CCN(C(=O)C(=O)Nc2cc([N+](=O)[O-])ccc2OC)CC1. The van der Waals surface area contributed by atoms with E-state index in [0.29, 0.717) is 13.1 Å². The van der Waals surface area contributed by atoms with Gasteiger partial charge in [-0.1, -0.05) is 6.92 Å². The maximum atomic E-state index is 12.2. The van der Waals surface area contributed by atoms with Crippen molar-refractivity contribution in [2.75, 3.05) is 45.2 Å². The van der Waals surface area contributed by atoms with Gasteiger partial charge >= 0.3 is 11.8 Å². The molecule has 9 heteroatoms. The standard InChI is InChI=1S/C15H20N4O5/c1-3-17-6-8-18(9-7-17)15(21)14(20)16-12-10-11(19(22)23)4-5-13(12)24-2/h4-5,10H,3,6-9H2,1-2H3,(H,16,20). The van der Waals surface area contributed by atoms with Crippen molar-refractivity contribution in [1.82, 2.24) is 9.80 Å². The molecule has 0 atom stereocenters. The fourth-order valence-electron chi connectivity index (χ4n) is 2.49. The second kappa shape index (κ2) is 7.73. The summed E-state index contributed by atoms with van der Waals surface area (Å²) in [6, 6.07) is 3.80. The van der Waals surface area contributed by atoms with Crippen molar-refractivity contribution in [3.63, 3.8) is 0 Å². The van der Waals surface area contributed by atoms with Gasteiger partial charge in [0.05, 0.1) is 17.7 Å². The van der Waals surface area contributed by atoms with Gasteiger partial charge in [0, 0.05) is 38.3 Å². The summed E-state index contributed by atoms with van der Waals surface area (Å²) in [7, 11) is 1.38. The molecular formula is C15H20N4O5. The van der Waals surface area contributed by atoms with Gasteiger partial charge in [-0.2, -0.15) is 0 Å². The van der Waals surface area contributed by atoms with Gasteiger partial charge in [-0.25, -0.2) is 0 Å². The Kier molecular flexibility index (Phi) is 5.69. The Labute approximate surface area is 139 Å². The summed E-state index contributed by atoms with van der Waals surface area (Å²) in [5, 5.41) is 13.3. The second-order valence-electron chi connectivity index (χ2n) is 5.32. The van der Waals surface area contributed by atoms with Crippen molar-refractivity contribution < 1.29 is 19.2 Å². The summed E-state index contributed by atoms with van der Waals surface area (Å²) < 4.78 is 5.07. The van der Waals surface area contributed by atoms with Crippen molar-refractivity contribution in [3.05, 3.63) is 28.3 Å². The highest BCUT2D eigenvalue weighted by molar-refractivity contribution is 6.39. The molecule has 0 radical (unpaired) electrons. The number of anilines is 1. The second-order valence-corrected chi connectivity index (χ2v) is 5.32. The lowest BCUT2D eigenvalue weighted by Gasteiger charge is -2.33. The average molecular weight is 336 g/mol. The Morgan fingerprint density at radius 3 is 2.50 bits per heavy atom. The number of rotatable bonds is 4. The number of benzene rings is 1. The number of nitro benzene ring substituents is 1. The summed E-state index contributed by atoms with van der Waals surface area (Å²) in [6.07, 6.45) is 0. The zero-order valence-corrected chi connectivity index (χ0v) is 13.7. The van der Waals surface area contributed by atoms with Crippen LogP contribution in [-0.4, -0.2) is 66.4 Å². The Morgan fingerprint density at radius 1 is 1.29 bits per heavy atom. The molecule has 130 valence electrons. The molecule has 1 aromatic carbocycles. The number of methoxy groups -OCH3 is 1. The Morgan fingerprint density at radius 2 is 1.96 bits per heavy atom. The van der Waals surface area contributed by atoms with E-state index in [2.05, 4.69) is 10.2 Å². The first-order chi connectivity index (χ1) is 11.5. The fraction of sp³-hybridized carbons (Fsp3) is 0.467. The molecule has 24 heavy (non-hydrogen) atoms. The molecule has 0 aromatic heterocycles. The highest BCUT2D eigenvalue weighted by Gasteiger charge is 2.26. The largest absolute Gasteiger partial charge is 0.495 e.